The summed E-state index contributed by atoms with van der Waals surface area (Å²) in [7, 11) is 0. The lowest BCUT2D eigenvalue weighted by atomic mass is 10.0. The standard InChI is InChI=1S/C14H19NO3S/c1-3-4-10-5-13(16)15(7-10)8-11-6-12(14(17)18)19-9(11)2/h6,10H,3-5,7-8H2,1-2H3,(H,17,18). The molecule has 0 bridgehead atoms. The van der Waals surface area contributed by atoms with Gasteiger partial charge in [0, 0.05) is 24.4 Å². The minimum Gasteiger partial charge on any atom is -0.477 e. The van der Waals surface area contributed by atoms with Crippen LogP contribution in [0.25, 0.3) is 0 Å². The fraction of sp³-hybridized carbons (Fsp3) is 0.571. The summed E-state index contributed by atoms with van der Waals surface area (Å²) in [6, 6.07) is 1.70. The number of nitrogens with zero attached hydrogens (tertiary/aromatic N) is 1. The van der Waals surface area contributed by atoms with Crippen LogP contribution in [0.5, 0.6) is 0 Å². The van der Waals surface area contributed by atoms with Crippen molar-refractivity contribution in [3.8, 4) is 0 Å². The smallest absolute Gasteiger partial charge is 0.345 e. The highest BCUT2D eigenvalue weighted by Gasteiger charge is 2.29. The van der Waals surface area contributed by atoms with Crippen molar-refractivity contribution in [1.29, 1.82) is 0 Å². The summed E-state index contributed by atoms with van der Waals surface area (Å²) in [5.41, 5.74) is 0.966. The number of carbonyl (C=O) groups is 2. The summed E-state index contributed by atoms with van der Waals surface area (Å²) in [5, 5.41) is 8.98. The minimum absolute atomic E-state index is 0.195. The minimum atomic E-state index is -0.893. The van der Waals surface area contributed by atoms with Gasteiger partial charge < -0.3 is 10.0 Å². The number of amides is 1. The Bertz CT molecular complexity index is 495. The quantitative estimate of drug-likeness (QED) is 0.902. The lowest BCUT2D eigenvalue weighted by Crippen LogP contribution is -2.24. The number of carboxylic acids is 1. The van der Waals surface area contributed by atoms with Gasteiger partial charge in [-0.2, -0.15) is 0 Å². The van der Waals surface area contributed by atoms with E-state index in [1.165, 1.54) is 11.3 Å². The van der Waals surface area contributed by atoms with Crippen LogP contribution in [0.2, 0.25) is 0 Å². The average Bonchev–Trinajstić information content (AvgIpc) is 2.85. The molecular weight excluding hydrogens is 262 g/mol. The van der Waals surface area contributed by atoms with Crippen molar-refractivity contribution in [2.45, 2.75) is 39.7 Å². The number of carbonyl (C=O) groups excluding carboxylic acids is 1. The third-order valence-electron chi connectivity index (χ3n) is 3.58. The summed E-state index contributed by atoms with van der Waals surface area (Å²) in [6.45, 7) is 5.41. The molecule has 1 amide bonds. The van der Waals surface area contributed by atoms with E-state index < -0.39 is 5.97 Å². The highest BCUT2D eigenvalue weighted by Crippen LogP contribution is 2.27. The van der Waals surface area contributed by atoms with Crippen molar-refractivity contribution in [1.82, 2.24) is 4.90 Å². The largest absolute Gasteiger partial charge is 0.477 e. The lowest BCUT2D eigenvalue weighted by Gasteiger charge is -2.16. The number of likely N-dealkylation sites (tertiary alicyclic amines) is 1. The fourth-order valence-corrected chi connectivity index (χ4v) is 3.47. The molecule has 2 rings (SSSR count). The van der Waals surface area contributed by atoms with Crippen LogP contribution in [0.15, 0.2) is 6.07 Å². The maximum atomic E-state index is 11.9. The molecule has 1 unspecified atom stereocenters. The molecule has 1 aromatic heterocycles. The summed E-state index contributed by atoms with van der Waals surface area (Å²) < 4.78 is 0. The molecule has 1 aliphatic rings. The second-order valence-corrected chi connectivity index (χ2v) is 6.39. The molecule has 1 aromatic rings. The van der Waals surface area contributed by atoms with Gasteiger partial charge >= 0.3 is 5.97 Å². The van der Waals surface area contributed by atoms with E-state index in [0.717, 1.165) is 29.8 Å². The second-order valence-electron chi connectivity index (χ2n) is 5.13. The van der Waals surface area contributed by atoms with E-state index in [1.807, 2.05) is 11.8 Å². The first-order valence-electron chi connectivity index (χ1n) is 6.61. The molecule has 2 heterocycles. The zero-order valence-corrected chi connectivity index (χ0v) is 12.1. The molecule has 0 saturated carbocycles. The Morgan fingerprint density at radius 3 is 2.89 bits per heavy atom. The van der Waals surface area contributed by atoms with Crippen LogP contribution in [0.3, 0.4) is 0 Å². The third-order valence-corrected chi connectivity index (χ3v) is 4.66. The third kappa shape index (κ3) is 3.15. The van der Waals surface area contributed by atoms with Crippen LogP contribution >= 0.6 is 11.3 Å². The van der Waals surface area contributed by atoms with Gasteiger partial charge in [0.05, 0.1) is 0 Å². The summed E-state index contributed by atoms with van der Waals surface area (Å²) in [4.78, 5) is 26.1. The first-order valence-corrected chi connectivity index (χ1v) is 7.43. The number of hydrogen-bond acceptors (Lipinski definition) is 3. The molecule has 5 heteroatoms. The van der Waals surface area contributed by atoms with Crippen LogP contribution < -0.4 is 0 Å². The van der Waals surface area contributed by atoms with Gasteiger partial charge in [0.1, 0.15) is 4.88 Å². The molecule has 0 radical (unpaired) electrons. The zero-order valence-electron chi connectivity index (χ0n) is 11.3. The highest BCUT2D eigenvalue weighted by atomic mass is 32.1. The van der Waals surface area contributed by atoms with Crippen LogP contribution in [-0.4, -0.2) is 28.4 Å². The number of aromatic carboxylic acids is 1. The Labute approximate surface area is 117 Å². The Hall–Kier alpha value is -1.36. The monoisotopic (exact) mass is 281 g/mol. The Morgan fingerprint density at radius 2 is 2.32 bits per heavy atom. The van der Waals surface area contributed by atoms with Crippen LogP contribution in [0.4, 0.5) is 0 Å². The maximum absolute atomic E-state index is 11.9. The molecule has 104 valence electrons. The van der Waals surface area contributed by atoms with E-state index >= 15 is 0 Å². The zero-order chi connectivity index (χ0) is 14.0. The molecule has 1 saturated heterocycles. The van der Waals surface area contributed by atoms with Gasteiger partial charge in [0.2, 0.25) is 5.91 Å². The summed E-state index contributed by atoms with van der Waals surface area (Å²) >= 11 is 1.28. The van der Waals surface area contributed by atoms with Crippen LogP contribution in [0.1, 0.15) is 46.3 Å². The van der Waals surface area contributed by atoms with E-state index in [2.05, 4.69) is 6.92 Å². The summed E-state index contributed by atoms with van der Waals surface area (Å²) in [5.74, 6) is -0.229. The Balaban J connectivity index is 2.05. The van der Waals surface area contributed by atoms with Crippen molar-refractivity contribution in [3.63, 3.8) is 0 Å². The molecule has 1 aliphatic heterocycles. The first-order chi connectivity index (χ1) is 9.01. The van der Waals surface area contributed by atoms with Gasteiger partial charge in [-0.3, -0.25) is 4.79 Å². The lowest BCUT2D eigenvalue weighted by molar-refractivity contribution is -0.128. The molecule has 4 nitrogen and oxygen atoms in total. The number of rotatable bonds is 5. The predicted molar refractivity (Wildman–Crippen MR) is 74.4 cm³/mol. The van der Waals surface area contributed by atoms with E-state index in [0.29, 0.717) is 23.8 Å². The predicted octanol–water partition coefficient (Wildman–Crippen LogP) is 2.90. The van der Waals surface area contributed by atoms with E-state index in [-0.39, 0.29) is 5.91 Å². The van der Waals surface area contributed by atoms with Crippen molar-refractivity contribution in [2.24, 2.45) is 5.92 Å². The van der Waals surface area contributed by atoms with Gasteiger partial charge in [-0.1, -0.05) is 13.3 Å². The Morgan fingerprint density at radius 1 is 1.58 bits per heavy atom. The van der Waals surface area contributed by atoms with E-state index in [1.54, 1.807) is 6.07 Å². The molecule has 1 N–H and O–H groups in total. The fourth-order valence-electron chi connectivity index (χ4n) is 2.60. The second kappa shape index (κ2) is 5.74. The summed E-state index contributed by atoms with van der Waals surface area (Å²) in [6.07, 6.45) is 2.83. The van der Waals surface area contributed by atoms with Crippen molar-refractivity contribution in [2.75, 3.05) is 6.54 Å². The average molecular weight is 281 g/mol. The number of thiophene rings is 1. The van der Waals surface area contributed by atoms with Crippen LogP contribution in [-0.2, 0) is 11.3 Å². The van der Waals surface area contributed by atoms with Gasteiger partial charge in [0.15, 0.2) is 0 Å². The highest BCUT2D eigenvalue weighted by molar-refractivity contribution is 7.14. The van der Waals surface area contributed by atoms with Crippen LogP contribution in [0, 0.1) is 12.8 Å². The van der Waals surface area contributed by atoms with E-state index in [4.69, 9.17) is 5.11 Å². The maximum Gasteiger partial charge on any atom is 0.345 e. The first kappa shape index (κ1) is 14.1. The molecule has 1 atom stereocenters. The van der Waals surface area contributed by atoms with Gasteiger partial charge in [0.25, 0.3) is 0 Å². The molecule has 1 fully saturated rings. The van der Waals surface area contributed by atoms with Crippen molar-refractivity contribution in [3.05, 3.63) is 21.4 Å². The molecular formula is C14H19NO3S. The number of carboxylic acid groups (broad SMARTS) is 1. The molecule has 0 aromatic carbocycles. The van der Waals surface area contributed by atoms with Crippen molar-refractivity contribution < 1.29 is 14.7 Å². The molecule has 19 heavy (non-hydrogen) atoms. The number of aryl methyl sites for hydroxylation is 1. The topological polar surface area (TPSA) is 57.6 Å². The van der Waals surface area contributed by atoms with Gasteiger partial charge in [-0.25, -0.2) is 4.79 Å². The van der Waals surface area contributed by atoms with Gasteiger partial charge in [-0.15, -0.1) is 11.3 Å². The number of hydrogen-bond donors (Lipinski definition) is 1. The molecule has 0 spiro atoms. The van der Waals surface area contributed by atoms with Crippen molar-refractivity contribution >= 4 is 23.2 Å². The SMILES string of the molecule is CCCC1CC(=O)N(Cc2cc(C(=O)O)sc2C)C1. The van der Waals surface area contributed by atoms with Gasteiger partial charge in [-0.05, 0) is 30.9 Å². The Kier molecular flexibility index (Phi) is 4.24. The normalized spacial score (nSPS) is 19.2. The molecule has 0 aliphatic carbocycles. The van der Waals surface area contributed by atoms with E-state index in [9.17, 15) is 9.59 Å².